The number of carbonyl (C=O) groups excluding carboxylic acids is 1. The molecular weight excluding hydrogens is 375 g/mol. The minimum Gasteiger partial charge on any atom is -0.340 e. The number of H-pyrrole nitrogens is 1. The summed E-state index contributed by atoms with van der Waals surface area (Å²) in [4.78, 5) is 30.8. The van der Waals surface area contributed by atoms with Gasteiger partial charge in [-0.3, -0.25) is 9.59 Å². The smallest absolute Gasteiger partial charge is 0.340 e. The lowest BCUT2D eigenvalue weighted by molar-refractivity contribution is -0.137. The first-order chi connectivity index (χ1) is 13.2. The van der Waals surface area contributed by atoms with Crippen LogP contribution in [0.15, 0.2) is 29.1 Å². The third-order valence-electron chi connectivity index (χ3n) is 4.66. The number of alkyl halides is 3. The topological polar surface area (TPSA) is 82.2 Å². The minimum atomic E-state index is -4.49. The first-order valence-corrected chi connectivity index (χ1v) is 8.84. The Morgan fingerprint density at radius 3 is 2.54 bits per heavy atom. The third kappa shape index (κ3) is 4.75. The molecule has 0 atom stereocenters. The van der Waals surface area contributed by atoms with E-state index >= 15 is 0 Å². The van der Waals surface area contributed by atoms with Crippen molar-refractivity contribution in [2.24, 2.45) is 0 Å². The molecule has 1 N–H and O–H groups in total. The molecule has 0 bridgehead atoms. The van der Waals surface area contributed by atoms with Gasteiger partial charge in [-0.1, -0.05) is 12.1 Å². The Morgan fingerprint density at radius 2 is 1.89 bits per heavy atom. The maximum Gasteiger partial charge on any atom is 0.416 e. The summed E-state index contributed by atoms with van der Waals surface area (Å²) in [6, 6.07) is 4.48. The molecule has 1 aromatic carbocycles. The van der Waals surface area contributed by atoms with Crippen molar-refractivity contribution in [1.82, 2.24) is 25.0 Å². The highest BCUT2D eigenvalue weighted by molar-refractivity contribution is 5.76. The minimum absolute atomic E-state index is 0.0507. The van der Waals surface area contributed by atoms with E-state index in [0.717, 1.165) is 25.2 Å². The van der Waals surface area contributed by atoms with Crippen molar-refractivity contribution in [2.75, 3.05) is 33.2 Å². The molecule has 2 aromatic rings. The molecule has 2 heterocycles. The molecule has 1 amide bonds. The van der Waals surface area contributed by atoms with E-state index < -0.39 is 17.3 Å². The number of hydrogen-bond donors (Lipinski definition) is 1. The molecule has 0 radical (unpaired) electrons. The standard InChI is InChI=1S/C18H20F3N5O2/c1-25-7-9-26(10-8-25)15(27)6-5-14-17(28)22-16(24-23-14)12-3-2-4-13(11-12)18(19,20)21/h2-4,11H,5-10H2,1H3,(H,22,24,28). The Hall–Kier alpha value is -2.75. The molecule has 28 heavy (non-hydrogen) atoms. The molecule has 10 heteroatoms. The van der Waals surface area contributed by atoms with Crippen molar-refractivity contribution in [1.29, 1.82) is 0 Å². The summed E-state index contributed by atoms with van der Waals surface area (Å²) in [6.45, 7) is 2.90. The van der Waals surface area contributed by atoms with E-state index in [-0.39, 0.29) is 35.8 Å². The second-order valence-corrected chi connectivity index (χ2v) is 6.71. The lowest BCUT2D eigenvalue weighted by Gasteiger charge is -2.32. The van der Waals surface area contributed by atoms with Crippen LogP contribution in [-0.4, -0.2) is 64.1 Å². The second kappa shape index (κ2) is 8.09. The number of amides is 1. The number of hydrogen-bond acceptors (Lipinski definition) is 5. The summed E-state index contributed by atoms with van der Waals surface area (Å²) in [7, 11) is 1.99. The Kier molecular flexibility index (Phi) is 5.78. The average molecular weight is 395 g/mol. The fourth-order valence-corrected chi connectivity index (χ4v) is 2.94. The van der Waals surface area contributed by atoms with Crippen LogP contribution in [0, 0.1) is 0 Å². The zero-order chi connectivity index (χ0) is 20.3. The molecule has 1 saturated heterocycles. The molecule has 3 rings (SSSR count). The maximum absolute atomic E-state index is 12.8. The lowest BCUT2D eigenvalue weighted by Crippen LogP contribution is -2.47. The van der Waals surface area contributed by atoms with Crippen LogP contribution in [0.4, 0.5) is 13.2 Å². The maximum atomic E-state index is 12.8. The van der Waals surface area contributed by atoms with E-state index in [0.29, 0.717) is 13.1 Å². The number of nitrogens with zero attached hydrogens (tertiary/aromatic N) is 4. The number of nitrogens with one attached hydrogen (secondary N) is 1. The molecule has 1 fully saturated rings. The molecule has 0 saturated carbocycles. The Balaban J connectivity index is 1.68. The van der Waals surface area contributed by atoms with Crippen molar-refractivity contribution >= 4 is 5.91 Å². The largest absolute Gasteiger partial charge is 0.416 e. The molecule has 0 unspecified atom stereocenters. The van der Waals surface area contributed by atoms with Gasteiger partial charge >= 0.3 is 6.18 Å². The van der Waals surface area contributed by atoms with Crippen LogP contribution in [-0.2, 0) is 17.4 Å². The van der Waals surface area contributed by atoms with E-state index in [9.17, 15) is 22.8 Å². The molecule has 7 nitrogen and oxygen atoms in total. The SMILES string of the molecule is CN1CCN(C(=O)CCc2nnc(-c3cccc(C(F)(F)F)c3)[nH]c2=O)CC1. The van der Waals surface area contributed by atoms with Crippen LogP contribution in [0.5, 0.6) is 0 Å². The van der Waals surface area contributed by atoms with Gasteiger partial charge < -0.3 is 14.8 Å². The number of halogens is 3. The molecule has 1 aliphatic heterocycles. The Bertz CT molecular complexity index is 905. The van der Waals surface area contributed by atoms with Gasteiger partial charge in [0, 0.05) is 44.6 Å². The highest BCUT2D eigenvalue weighted by atomic mass is 19.4. The summed E-state index contributed by atoms with van der Waals surface area (Å²) in [6.07, 6.45) is -4.24. The van der Waals surface area contributed by atoms with Gasteiger partial charge in [-0.15, -0.1) is 10.2 Å². The summed E-state index contributed by atoms with van der Waals surface area (Å²) in [5.74, 6) is -0.110. The lowest BCUT2D eigenvalue weighted by atomic mass is 10.1. The number of rotatable bonds is 4. The summed E-state index contributed by atoms with van der Waals surface area (Å²) < 4.78 is 38.5. The van der Waals surface area contributed by atoms with E-state index in [2.05, 4.69) is 20.1 Å². The number of piperazine rings is 1. The average Bonchev–Trinajstić information content (AvgIpc) is 2.67. The van der Waals surface area contributed by atoms with Crippen LogP contribution in [0.1, 0.15) is 17.7 Å². The summed E-state index contributed by atoms with van der Waals surface area (Å²) in [5, 5.41) is 7.65. The van der Waals surface area contributed by atoms with Gasteiger partial charge in [-0.05, 0) is 19.2 Å². The van der Waals surface area contributed by atoms with E-state index in [1.807, 2.05) is 7.05 Å². The van der Waals surface area contributed by atoms with E-state index in [1.165, 1.54) is 12.1 Å². The van der Waals surface area contributed by atoms with Crippen LogP contribution in [0.25, 0.3) is 11.4 Å². The number of benzene rings is 1. The van der Waals surface area contributed by atoms with Crippen molar-refractivity contribution in [2.45, 2.75) is 19.0 Å². The highest BCUT2D eigenvalue weighted by Gasteiger charge is 2.30. The van der Waals surface area contributed by atoms with Crippen LogP contribution >= 0.6 is 0 Å². The number of aryl methyl sites for hydroxylation is 1. The number of likely N-dealkylation sites (N-methyl/N-ethyl adjacent to an activating group) is 1. The van der Waals surface area contributed by atoms with Crippen molar-refractivity contribution in [3.8, 4) is 11.4 Å². The highest BCUT2D eigenvalue weighted by Crippen LogP contribution is 2.31. The monoisotopic (exact) mass is 395 g/mol. The van der Waals surface area contributed by atoms with Gasteiger partial charge in [0.2, 0.25) is 5.91 Å². The van der Waals surface area contributed by atoms with Crippen LogP contribution < -0.4 is 5.56 Å². The van der Waals surface area contributed by atoms with E-state index in [4.69, 9.17) is 0 Å². The van der Waals surface area contributed by atoms with Crippen molar-refractivity contribution < 1.29 is 18.0 Å². The predicted molar refractivity (Wildman–Crippen MR) is 95.5 cm³/mol. The molecule has 1 aromatic heterocycles. The van der Waals surface area contributed by atoms with Gasteiger partial charge in [0.25, 0.3) is 5.56 Å². The molecule has 0 spiro atoms. The fourth-order valence-electron chi connectivity index (χ4n) is 2.94. The first-order valence-electron chi connectivity index (χ1n) is 8.84. The summed E-state index contributed by atoms with van der Waals surface area (Å²) in [5.41, 5.74) is -1.21. The number of carbonyl (C=O) groups is 1. The first kappa shape index (κ1) is 20.0. The normalized spacial score (nSPS) is 15.6. The quantitative estimate of drug-likeness (QED) is 0.850. The van der Waals surface area contributed by atoms with Crippen LogP contribution in [0.2, 0.25) is 0 Å². The van der Waals surface area contributed by atoms with Gasteiger partial charge in [0.05, 0.1) is 5.56 Å². The van der Waals surface area contributed by atoms with Crippen molar-refractivity contribution in [3.63, 3.8) is 0 Å². The van der Waals surface area contributed by atoms with Crippen LogP contribution in [0.3, 0.4) is 0 Å². The van der Waals surface area contributed by atoms with Gasteiger partial charge in [-0.2, -0.15) is 13.2 Å². The van der Waals surface area contributed by atoms with E-state index in [1.54, 1.807) is 4.90 Å². The molecule has 1 aliphatic rings. The molecule has 0 aliphatic carbocycles. The van der Waals surface area contributed by atoms with Gasteiger partial charge in [0.1, 0.15) is 5.69 Å². The van der Waals surface area contributed by atoms with Gasteiger partial charge in [-0.25, -0.2) is 0 Å². The Morgan fingerprint density at radius 1 is 1.18 bits per heavy atom. The predicted octanol–water partition coefficient (Wildman–Crippen LogP) is 1.56. The zero-order valence-electron chi connectivity index (χ0n) is 15.3. The third-order valence-corrected chi connectivity index (χ3v) is 4.66. The summed E-state index contributed by atoms with van der Waals surface area (Å²) >= 11 is 0. The fraction of sp³-hybridized carbons (Fsp3) is 0.444. The molecular formula is C18H20F3N5O2. The van der Waals surface area contributed by atoms with Crippen molar-refractivity contribution in [3.05, 3.63) is 45.9 Å². The number of aromatic amines is 1. The Labute approximate surface area is 159 Å². The van der Waals surface area contributed by atoms with Gasteiger partial charge in [0.15, 0.2) is 5.82 Å². The molecule has 150 valence electrons. The number of aromatic nitrogens is 3. The zero-order valence-corrected chi connectivity index (χ0v) is 15.3. The second-order valence-electron chi connectivity index (χ2n) is 6.71.